The minimum atomic E-state index is 0.359. The largest absolute Gasteiger partial charge is 0.508 e. The van der Waals surface area contributed by atoms with E-state index in [-0.39, 0.29) is 0 Å². The predicted octanol–water partition coefficient (Wildman–Crippen LogP) is 2.96. The zero-order valence-electron chi connectivity index (χ0n) is 11.5. The normalized spacial score (nSPS) is 40.2. The molecule has 3 fully saturated rings. The van der Waals surface area contributed by atoms with Crippen LogP contribution < -0.4 is 5.32 Å². The van der Waals surface area contributed by atoms with Gasteiger partial charge < -0.3 is 10.4 Å². The molecular weight excluding hydrogens is 234 g/mol. The third-order valence-electron chi connectivity index (χ3n) is 5.69. The molecule has 0 saturated heterocycles. The van der Waals surface area contributed by atoms with Gasteiger partial charge in [0.05, 0.1) is 0 Å². The van der Waals surface area contributed by atoms with Crippen LogP contribution in [0.5, 0.6) is 5.75 Å². The fraction of sp³-hybridized carbons (Fsp3) is 0.647. The van der Waals surface area contributed by atoms with Gasteiger partial charge in [0.1, 0.15) is 5.75 Å². The van der Waals surface area contributed by atoms with E-state index in [1.807, 2.05) is 12.1 Å². The third-order valence-corrected chi connectivity index (χ3v) is 5.69. The Kier molecular flexibility index (Phi) is 2.63. The molecule has 0 aliphatic heterocycles. The van der Waals surface area contributed by atoms with E-state index in [2.05, 4.69) is 12.2 Å². The number of hydrogen-bond donors (Lipinski definition) is 2. The summed E-state index contributed by atoms with van der Waals surface area (Å²) in [5.41, 5.74) is 1.31. The number of phenols is 1. The number of fused-ring (bicyclic) bond motifs is 5. The Morgan fingerprint density at radius 2 is 1.79 bits per heavy atom. The van der Waals surface area contributed by atoms with Gasteiger partial charge in [0.25, 0.3) is 0 Å². The molecule has 3 aliphatic rings. The second-order valence-corrected chi connectivity index (χ2v) is 6.95. The van der Waals surface area contributed by atoms with Gasteiger partial charge in [0.15, 0.2) is 0 Å². The number of benzene rings is 1. The van der Waals surface area contributed by atoms with Gasteiger partial charge in [-0.1, -0.05) is 12.1 Å². The highest BCUT2D eigenvalue weighted by Gasteiger charge is 2.64. The van der Waals surface area contributed by atoms with Crippen molar-refractivity contribution in [1.29, 1.82) is 0 Å². The van der Waals surface area contributed by atoms with Crippen molar-refractivity contribution in [2.24, 2.45) is 23.7 Å². The average molecular weight is 257 g/mol. The van der Waals surface area contributed by atoms with Gasteiger partial charge in [-0.15, -0.1) is 0 Å². The van der Waals surface area contributed by atoms with Crippen LogP contribution in [0, 0.1) is 23.7 Å². The molecule has 2 nitrogen and oxygen atoms in total. The lowest BCUT2D eigenvalue weighted by Crippen LogP contribution is -2.33. The molecule has 0 amide bonds. The molecule has 2 N–H and O–H groups in total. The van der Waals surface area contributed by atoms with Crippen molar-refractivity contribution in [3.63, 3.8) is 0 Å². The maximum absolute atomic E-state index is 9.30. The lowest BCUT2D eigenvalue weighted by atomic mass is 10.0. The monoisotopic (exact) mass is 257 g/mol. The van der Waals surface area contributed by atoms with Gasteiger partial charge in [-0.3, -0.25) is 0 Å². The molecule has 19 heavy (non-hydrogen) atoms. The van der Waals surface area contributed by atoms with Gasteiger partial charge in [-0.25, -0.2) is 0 Å². The van der Waals surface area contributed by atoms with E-state index >= 15 is 0 Å². The van der Waals surface area contributed by atoms with Crippen LogP contribution in [0.2, 0.25) is 0 Å². The van der Waals surface area contributed by atoms with E-state index in [9.17, 15) is 5.11 Å². The smallest absolute Gasteiger partial charge is 0.115 e. The summed E-state index contributed by atoms with van der Waals surface area (Å²) in [7, 11) is 0. The molecule has 0 spiro atoms. The van der Waals surface area contributed by atoms with E-state index in [0.717, 1.165) is 36.1 Å². The van der Waals surface area contributed by atoms with Crippen molar-refractivity contribution in [2.45, 2.75) is 44.7 Å². The second kappa shape index (κ2) is 4.24. The van der Waals surface area contributed by atoms with Crippen LogP contribution in [0.1, 0.15) is 31.7 Å². The van der Waals surface area contributed by atoms with Crippen LogP contribution in [-0.2, 0) is 6.42 Å². The molecule has 2 heteroatoms. The van der Waals surface area contributed by atoms with Crippen molar-refractivity contribution in [2.75, 3.05) is 0 Å². The first-order valence-corrected chi connectivity index (χ1v) is 7.76. The fourth-order valence-electron chi connectivity index (χ4n) is 4.92. The third kappa shape index (κ3) is 1.97. The van der Waals surface area contributed by atoms with Crippen molar-refractivity contribution >= 4 is 0 Å². The van der Waals surface area contributed by atoms with Gasteiger partial charge in [-0.05, 0) is 74.0 Å². The molecule has 5 unspecified atom stereocenters. The Hall–Kier alpha value is -1.02. The Labute approximate surface area is 115 Å². The minimum Gasteiger partial charge on any atom is -0.508 e. The van der Waals surface area contributed by atoms with Gasteiger partial charge in [0, 0.05) is 12.1 Å². The van der Waals surface area contributed by atoms with Crippen molar-refractivity contribution < 1.29 is 5.11 Å². The maximum Gasteiger partial charge on any atom is 0.115 e. The summed E-state index contributed by atoms with van der Waals surface area (Å²) in [4.78, 5) is 0. The summed E-state index contributed by atoms with van der Waals surface area (Å²) in [5.74, 6) is 4.49. The molecule has 0 heterocycles. The molecule has 3 saturated carbocycles. The van der Waals surface area contributed by atoms with E-state index in [1.165, 1.54) is 24.8 Å². The summed E-state index contributed by atoms with van der Waals surface area (Å²) in [6.07, 6.45) is 5.58. The molecule has 0 aromatic heterocycles. The minimum absolute atomic E-state index is 0.359. The topological polar surface area (TPSA) is 32.3 Å². The zero-order chi connectivity index (χ0) is 13.0. The first-order valence-electron chi connectivity index (χ1n) is 7.76. The van der Waals surface area contributed by atoms with Gasteiger partial charge in [-0.2, -0.15) is 0 Å². The van der Waals surface area contributed by atoms with E-state index in [0.29, 0.717) is 11.8 Å². The summed E-state index contributed by atoms with van der Waals surface area (Å²) in [5, 5.41) is 13.2. The Bertz CT molecular complexity index is 453. The van der Waals surface area contributed by atoms with Crippen LogP contribution in [-0.4, -0.2) is 17.2 Å². The van der Waals surface area contributed by atoms with Gasteiger partial charge in [0.2, 0.25) is 0 Å². The average Bonchev–Trinajstić information content (AvgIpc) is 2.81. The molecule has 1 aromatic carbocycles. The van der Waals surface area contributed by atoms with E-state index in [1.54, 1.807) is 12.1 Å². The number of phenolic OH excluding ortho intramolecular Hbond substituents is 1. The zero-order valence-corrected chi connectivity index (χ0v) is 11.5. The lowest BCUT2D eigenvalue weighted by Gasteiger charge is -2.17. The van der Waals surface area contributed by atoms with Crippen LogP contribution in [0.4, 0.5) is 0 Å². The fourth-order valence-corrected chi connectivity index (χ4v) is 4.92. The van der Waals surface area contributed by atoms with Crippen molar-refractivity contribution in [3.05, 3.63) is 29.8 Å². The second-order valence-electron chi connectivity index (χ2n) is 6.95. The number of aromatic hydroxyl groups is 1. The summed E-state index contributed by atoms with van der Waals surface area (Å²) in [6.45, 7) is 2.29. The SMILES string of the molecule is CC(Cc1ccc(O)cc1)NC1C2C3CCC(C3)C12. The maximum atomic E-state index is 9.30. The van der Waals surface area contributed by atoms with Crippen molar-refractivity contribution in [3.8, 4) is 5.75 Å². The predicted molar refractivity (Wildman–Crippen MR) is 76.0 cm³/mol. The molecule has 2 bridgehead atoms. The molecule has 102 valence electrons. The number of nitrogens with one attached hydrogen (secondary N) is 1. The highest BCUT2D eigenvalue weighted by molar-refractivity contribution is 5.26. The van der Waals surface area contributed by atoms with E-state index in [4.69, 9.17) is 0 Å². The highest BCUT2D eigenvalue weighted by atomic mass is 16.3. The standard InChI is InChI=1S/C17H23NO/c1-10(8-11-2-6-14(19)7-3-11)18-17-15-12-4-5-13(9-12)16(15)17/h2-3,6-7,10,12-13,15-19H,4-5,8-9H2,1H3. The van der Waals surface area contributed by atoms with Crippen molar-refractivity contribution in [1.82, 2.24) is 5.32 Å². The molecule has 4 rings (SSSR count). The summed E-state index contributed by atoms with van der Waals surface area (Å²) in [6, 6.07) is 9.00. The number of rotatable bonds is 4. The Balaban J connectivity index is 1.33. The van der Waals surface area contributed by atoms with Crippen LogP contribution in [0.25, 0.3) is 0 Å². The molecule has 0 radical (unpaired) electrons. The summed E-state index contributed by atoms with van der Waals surface area (Å²) >= 11 is 0. The summed E-state index contributed by atoms with van der Waals surface area (Å²) < 4.78 is 0. The quantitative estimate of drug-likeness (QED) is 0.869. The molecule has 5 atom stereocenters. The molecule has 1 aromatic rings. The van der Waals surface area contributed by atoms with E-state index < -0.39 is 0 Å². The van der Waals surface area contributed by atoms with Crippen LogP contribution in [0.15, 0.2) is 24.3 Å². The van der Waals surface area contributed by atoms with Gasteiger partial charge >= 0.3 is 0 Å². The van der Waals surface area contributed by atoms with Crippen LogP contribution in [0.3, 0.4) is 0 Å². The molecule has 3 aliphatic carbocycles. The van der Waals surface area contributed by atoms with Crippen LogP contribution >= 0.6 is 0 Å². The molecular formula is C17H23NO. The Morgan fingerprint density at radius 3 is 2.42 bits per heavy atom. The highest BCUT2D eigenvalue weighted by Crippen LogP contribution is 2.65. The first-order chi connectivity index (χ1) is 9.22. The number of hydrogen-bond acceptors (Lipinski definition) is 2. The Morgan fingerprint density at radius 1 is 1.16 bits per heavy atom. The lowest BCUT2D eigenvalue weighted by molar-refractivity contribution is 0.426. The first kappa shape index (κ1) is 11.8.